The van der Waals surface area contributed by atoms with Crippen LogP contribution >= 0.6 is 24.0 Å². The number of carbonyl (C=O) groups is 1. The van der Waals surface area contributed by atoms with E-state index in [1.54, 1.807) is 19.0 Å². The first-order chi connectivity index (χ1) is 12.6. The second-order valence-electron chi connectivity index (χ2n) is 8.07. The number of rotatable bonds is 7. The number of halogens is 1. The summed E-state index contributed by atoms with van der Waals surface area (Å²) in [4.78, 5) is 20.8. The second kappa shape index (κ2) is 12.8. The van der Waals surface area contributed by atoms with Crippen molar-refractivity contribution in [3.05, 3.63) is 0 Å². The zero-order chi connectivity index (χ0) is 18.8. The van der Waals surface area contributed by atoms with Crippen LogP contribution in [0.25, 0.3) is 0 Å². The minimum absolute atomic E-state index is 0. The fourth-order valence-electron chi connectivity index (χ4n) is 4.14. The molecule has 0 unspecified atom stereocenters. The molecule has 0 aromatic carbocycles. The molecule has 1 amide bonds. The monoisotopic (exact) mass is 493 g/mol. The summed E-state index contributed by atoms with van der Waals surface area (Å²) in [7, 11) is 3.55. The molecule has 158 valence electrons. The number of likely N-dealkylation sites (tertiary alicyclic amines) is 1. The molecule has 0 bridgehead atoms. The Bertz CT molecular complexity index is 457. The van der Waals surface area contributed by atoms with Crippen molar-refractivity contribution < 1.29 is 4.79 Å². The molecular weight excluding hydrogens is 453 g/mol. The second-order valence-corrected chi connectivity index (χ2v) is 8.07. The van der Waals surface area contributed by atoms with Crippen molar-refractivity contribution in [2.75, 3.05) is 46.8 Å². The molecule has 0 spiro atoms. The predicted molar refractivity (Wildman–Crippen MR) is 124 cm³/mol. The largest absolute Gasteiger partial charge is 0.356 e. The van der Waals surface area contributed by atoms with E-state index in [1.807, 2.05) is 0 Å². The highest BCUT2D eigenvalue weighted by atomic mass is 127. The summed E-state index contributed by atoms with van der Waals surface area (Å²) in [5, 5.41) is 6.96. The highest BCUT2D eigenvalue weighted by molar-refractivity contribution is 14.0. The van der Waals surface area contributed by atoms with Crippen molar-refractivity contribution in [1.82, 2.24) is 20.4 Å². The third-order valence-corrected chi connectivity index (χ3v) is 5.81. The Morgan fingerprint density at radius 3 is 2.26 bits per heavy atom. The van der Waals surface area contributed by atoms with Crippen molar-refractivity contribution >= 4 is 35.8 Å². The van der Waals surface area contributed by atoms with Gasteiger partial charge >= 0.3 is 0 Å². The summed E-state index contributed by atoms with van der Waals surface area (Å²) in [5.74, 6) is 0.815. The first-order valence-electron chi connectivity index (χ1n) is 10.5. The predicted octanol–water partition coefficient (Wildman–Crippen LogP) is 2.83. The average Bonchev–Trinajstić information content (AvgIpc) is 2.68. The number of hydrogen-bond donors (Lipinski definition) is 2. The Labute approximate surface area is 182 Å². The smallest absolute Gasteiger partial charge is 0.243 e. The summed E-state index contributed by atoms with van der Waals surface area (Å²) in [6.45, 7) is 6.61. The summed E-state index contributed by atoms with van der Waals surface area (Å²) < 4.78 is 0. The van der Waals surface area contributed by atoms with Crippen molar-refractivity contribution in [1.29, 1.82) is 0 Å². The molecule has 2 N–H and O–H groups in total. The zero-order valence-corrected chi connectivity index (χ0v) is 19.9. The van der Waals surface area contributed by atoms with Crippen LogP contribution in [0.15, 0.2) is 4.99 Å². The van der Waals surface area contributed by atoms with Gasteiger partial charge in [-0.1, -0.05) is 32.6 Å². The molecule has 2 fully saturated rings. The summed E-state index contributed by atoms with van der Waals surface area (Å²) in [6, 6.07) is 0. The van der Waals surface area contributed by atoms with Crippen molar-refractivity contribution in [2.45, 2.75) is 70.3 Å². The first-order valence-corrected chi connectivity index (χ1v) is 10.5. The van der Waals surface area contributed by atoms with Crippen LogP contribution in [-0.4, -0.2) is 74.0 Å². The number of amides is 1. The normalized spacial score (nSPS) is 20.5. The van der Waals surface area contributed by atoms with E-state index < -0.39 is 0 Å². The molecule has 7 heteroatoms. The molecule has 2 rings (SSSR count). The van der Waals surface area contributed by atoms with Gasteiger partial charge in [-0.3, -0.25) is 9.69 Å². The van der Waals surface area contributed by atoms with Gasteiger partial charge in [0.1, 0.15) is 6.54 Å². The highest BCUT2D eigenvalue weighted by Gasteiger charge is 2.38. The first kappa shape index (κ1) is 24.5. The van der Waals surface area contributed by atoms with Crippen LogP contribution < -0.4 is 10.6 Å². The van der Waals surface area contributed by atoms with Gasteiger partial charge < -0.3 is 15.5 Å². The third-order valence-electron chi connectivity index (χ3n) is 5.81. The molecule has 1 aliphatic heterocycles. The lowest BCUT2D eigenvalue weighted by molar-refractivity contribution is -0.127. The highest BCUT2D eigenvalue weighted by Crippen LogP contribution is 2.35. The van der Waals surface area contributed by atoms with Gasteiger partial charge in [-0.2, -0.15) is 0 Å². The number of likely N-dealkylation sites (N-methyl/N-ethyl adjacent to an activating group) is 1. The molecular formula is C20H40IN5O. The Kier molecular flexibility index (Phi) is 11.6. The molecule has 6 nitrogen and oxygen atoms in total. The van der Waals surface area contributed by atoms with E-state index >= 15 is 0 Å². The van der Waals surface area contributed by atoms with Crippen LogP contribution in [0.3, 0.4) is 0 Å². The Hall–Kier alpha value is -0.570. The summed E-state index contributed by atoms with van der Waals surface area (Å²) >= 11 is 0. The van der Waals surface area contributed by atoms with Crippen molar-refractivity contribution in [2.24, 2.45) is 4.99 Å². The van der Waals surface area contributed by atoms with Gasteiger partial charge in [0.15, 0.2) is 5.96 Å². The zero-order valence-electron chi connectivity index (χ0n) is 17.6. The van der Waals surface area contributed by atoms with Crippen molar-refractivity contribution in [3.63, 3.8) is 0 Å². The quantitative estimate of drug-likeness (QED) is 0.326. The molecule has 1 saturated heterocycles. The van der Waals surface area contributed by atoms with Crippen LogP contribution in [0, 0.1) is 0 Å². The van der Waals surface area contributed by atoms with Gasteiger partial charge in [-0.05, 0) is 45.2 Å². The van der Waals surface area contributed by atoms with Crippen LogP contribution in [0.2, 0.25) is 0 Å². The number of nitrogens with zero attached hydrogens (tertiary/aromatic N) is 3. The van der Waals surface area contributed by atoms with Crippen LogP contribution in [0.5, 0.6) is 0 Å². The summed E-state index contributed by atoms with van der Waals surface area (Å²) in [5.41, 5.74) is 0.263. The van der Waals surface area contributed by atoms with E-state index in [0.29, 0.717) is 0 Å². The lowest BCUT2D eigenvalue weighted by Gasteiger charge is -2.48. The van der Waals surface area contributed by atoms with Crippen LogP contribution in [0.1, 0.15) is 64.7 Å². The number of piperidine rings is 1. The maximum absolute atomic E-state index is 11.9. The fraction of sp³-hybridized carbons (Fsp3) is 0.900. The molecule has 0 atom stereocenters. The van der Waals surface area contributed by atoms with Gasteiger partial charge in [0, 0.05) is 32.7 Å². The summed E-state index contributed by atoms with van der Waals surface area (Å²) in [6.07, 6.45) is 11.6. The van der Waals surface area contributed by atoms with E-state index in [-0.39, 0.29) is 42.0 Å². The average molecular weight is 493 g/mol. The lowest BCUT2D eigenvalue weighted by Crippen LogP contribution is -2.59. The number of aliphatic imine (C=N–C) groups is 1. The molecule has 1 aliphatic carbocycles. The van der Waals surface area contributed by atoms with E-state index in [2.05, 4.69) is 27.4 Å². The molecule has 1 saturated carbocycles. The molecule has 0 aromatic rings. The maximum Gasteiger partial charge on any atom is 0.243 e. The number of nitrogens with one attached hydrogen (secondary N) is 2. The van der Waals surface area contributed by atoms with Gasteiger partial charge in [0.05, 0.1) is 0 Å². The Balaban J connectivity index is 0.00000364. The molecule has 27 heavy (non-hydrogen) atoms. The minimum atomic E-state index is 0. The lowest BCUT2D eigenvalue weighted by atomic mass is 9.79. The van der Waals surface area contributed by atoms with Crippen molar-refractivity contribution in [3.8, 4) is 0 Å². The van der Waals surface area contributed by atoms with Gasteiger partial charge in [0.25, 0.3) is 0 Å². The van der Waals surface area contributed by atoms with Crippen LogP contribution in [-0.2, 0) is 4.79 Å². The van der Waals surface area contributed by atoms with Crippen LogP contribution in [0.4, 0.5) is 0 Å². The molecule has 0 aromatic heterocycles. The van der Waals surface area contributed by atoms with E-state index in [4.69, 9.17) is 0 Å². The SMILES string of the molecule is CCCNC(=NCC(=O)N(C)C)NCC1(N2CCCCC2)CCCCC1.I. The standard InChI is InChI=1S/C20H39N5O.HI/c1-4-13-21-19(22-16-18(26)24(2)3)23-17-20(11-7-5-8-12-20)25-14-9-6-10-15-25;/h4-17H2,1-3H3,(H2,21,22,23);1H. The topological polar surface area (TPSA) is 60.0 Å². The minimum Gasteiger partial charge on any atom is -0.356 e. The van der Waals surface area contributed by atoms with Gasteiger partial charge in [-0.15, -0.1) is 24.0 Å². The Morgan fingerprint density at radius 1 is 1.04 bits per heavy atom. The van der Waals surface area contributed by atoms with E-state index in [9.17, 15) is 4.79 Å². The van der Waals surface area contributed by atoms with Gasteiger partial charge in [0.2, 0.25) is 5.91 Å². The molecule has 2 aliphatic rings. The van der Waals surface area contributed by atoms with E-state index in [1.165, 1.54) is 64.5 Å². The fourth-order valence-corrected chi connectivity index (χ4v) is 4.14. The third kappa shape index (κ3) is 7.75. The number of hydrogen-bond acceptors (Lipinski definition) is 3. The molecule has 1 heterocycles. The Morgan fingerprint density at radius 2 is 1.67 bits per heavy atom. The van der Waals surface area contributed by atoms with E-state index in [0.717, 1.165) is 25.5 Å². The van der Waals surface area contributed by atoms with Gasteiger partial charge in [-0.25, -0.2) is 4.99 Å². The maximum atomic E-state index is 11.9. The molecule has 0 radical (unpaired) electrons. The number of carbonyl (C=O) groups excluding carboxylic acids is 1. The number of guanidine groups is 1.